The summed E-state index contributed by atoms with van der Waals surface area (Å²) in [4.78, 5) is 47.3. The topological polar surface area (TPSA) is 114 Å². The number of amides is 1. The fraction of sp³-hybridized carbons (Fsp3) is 0.467. The number of aromatic nitrogens is 2. The molecule has 3 aliphatic rings. The van der Waals surface area contributed by atoms with Crippen LogP contribution in [-0.2, 0) is 39.6 Å². The molecule has 3 aromatic rings. The van der Waals surface area contributed by atoms with Crippen LogP contribution in [0, 0.1) is 0 Å². The van der Waals surface area contributed by atoms with Crippen LogP contribution in [0.15, 0.2) is 35.1 Å². The van der Waals surface area contributed by atoms with Crippen LogP contribution >= 0.6 is 0 Å². The Balaban J connectivity index is 1.28. The van der Waals surface area contributed by atoms with E-state index in [1.165, 1.54) is 0 Å². The number of carbonyl (C=O) groups is 2. The molecule has 0 saturated carbocycles. The van der Waals surface area contributed by atoms with Crippen molar-refractivity contribution in [1.82, 2.24) is 19.4 Å². The van der Waals surface area contributed by atoms with Crippen molar-refractivity contribution in [2.24, 2.45) is 0 Å². The van der Waals surface area contributed by atoms with Gasteiger partial charge in [0.25, 0.3) is 5.56 Å². The molecule has 0 spiro atoms. The van der Waals surface area contributed by atoms with Gasteiger partial charge in [-0.1, -0.05) is 19.1 Å². The van der Waals surface area contributed by atoms with Gasteiger partial charge in [-0.25, -0.2) is 14.6 Å². The van der Waals surface area contributed by atoms with Gasteiger partial charge in [-0.2, -0.15) is 0 Å². The number of ether oxygens (including phenoxy) is 2. The van der Waals surface area contributed by atoms with Crippen molar-refractivity contribution in [3.63, 3.8) is 0 Å². The van der Waals surface area contributed by atoms with Gasteiger partial charge in [0.15, 0.2) is 5.60 Å². The number of aliphatic hydroxyl groups is 1. The lowest BCUT2D eigenvalue weighted by atomic mass is 9.86. The first-order valence-corrected chi connectivity index (χ1v) is 13.8. The van der Waals surface area contributed by atoms with Crippen LogP contribution in [0.5, 0.6) is 0 Å². The molecule has 0 unspecified atom stereocenters. The summed E-state index contributed by atoms with van der Waals surface area (Å²) in [5.41, 5.74) is 2.15. The Bertz CT molecular complexity index is 1600. The highest BCUT2D eigenvalue weighted by molar-refractivity contribution is 5.88. The van der Waals surface area contributed by atoms with E-state index in [9.17, 15) is 19.5 Å². The zero-order valence-corrected chi connectivity index (χ0v) is 23.3. The molecule has 1 amide bonds. The van der Waals surface area contributed by atoms with Crippen molar-refractivity contribution < 1.29 is 24.2 Å². The number of nitrogens with zero attached hydrogens (tertiary/aromatic N) is 4. The van der Waals surface area contributed by atoms with Gasteiger partial charge in [0.05, 0.1) is 29.0 Å². The Morgan fingerprint density at radius 2 is 1.90 bits per heavy atom. The lowest BCUT2D eigenvalue weighted by Gasteiger charge is -2.35. The second kappa shape index (κ2) is 9.42. The zero-order valence-electron chi connectivity index (χ0n) is 23.3. The molecule has 1 saturated heterocycles. The summed E-state index contributed by atoms with van der Waals surface area (Å²) in [6.45, 7) is 10.9. The van der Waals surface area contributed by atoms with E-state index in [0.29, 0.717) is 48.7 Å². The van der Waals surface area contributed by atoms with Crippen molar-refractivity contribution in [2.75, 3.05) is 26.2 Å². The Morgan fingerprint density at radius 3 is 2.60 bits per heavy atom. The monoisotopic (exact) mass is 546 g/mol. The minimum absolute atomic E-state index is 0.106. The molecule has 1 atom stereocenters. The largest absolute Gasteiger partial charge is 0.458 e. The number of rotatable bonds is 3. The molecule has 10 nitrogen and oxygen atoms in total. The summed E-state index contributed by atoms with van der Waals surface area (Å²) >= 11 is 0. The third-order valence-electron chi connectivity index (χ3n) is 8.06. The number of benzene rings is 1. The smallest absolute Gasteiger partial charge is 0.410 e. The Kier molecular flexibility index (Phi) is 6.23. The SMILES string of the molecule is CC[C@@]1(O)C(=O)OCc2c1cc1n(c2=O)Cc2cc3c(CN4CCN(C(=O)OC(C)(C)C)CC4)cccc3nc2-1. The van der Waals surface area contributed by atoms with Crippen LogP contribution in [0.1, 0.15) is 56.4 Å². The summed E-state index contributed by atoms with van der Waals surface area (Å²) in [6, 6.07) is 9.86. The molecular formula is C30H34N4O6. The normalized spacial score (nSPS) is 20.6. The molecule has 10 heteroatoms. The van der Waals surface area contributed by atoms with Crippen LogP contribution in [0.4, 0.5) is 4.79 Å². The lowest BCUT2D eigenvalue weighted by molar-refractivity contribution is -0.172. The summed E-state index contributed by atoms with van der Waals surface area (Å²) in [7, 11) is 0. The molecule has 1 N–H and O–H groups in total. The van der Waals surface area contributed by atoms with Crippen LogP contribution < -0.4 is 5.56 Å². The maximum atomic E-state index is 13.4. The molecule has 1 fully saturated rings. The van der Waals surface area contributed by atoms with Gasteiger partial charge in [-0.3, -0.25) is 9.69 Å². The Hall–Kier alpha value is -3.76. The predicted molar refractivity (Wildman–Crippen MR) is 148 cm³/mol. The van der Waals surface area contributed by atoms with Crippen molar-refractivity contribution >= 4 is 23.0 Å². The van der Waals surface area contributed by atoms with Gasteiger partial charge in [0.2, 0.25) is 0 Å². The van der Waals surface area contributed by atoms with E-state index in [1.807, 2.05) is 32.9 Å². The van der Waals surface area contributed by atoms with Gasteiger partial charge in [-0.05, 0) is 51.0 Å². The molecule has 40 heavy (non-hydrogen) atoms. The third kappa shape index (κ3) is 4.35. The first kappa shape index (κ1) is 26.5. The highest BCUT2D eigenvalue weighted by Crippen LogP contribution is 2.39. The van der Waals surface area contributed by atoms with Crippen molar-refractivity contribution in [1.29, 1.82) is 0 Å². The highest BCUT2D eigenvalue weighted by atomic mass is 16.6. The van der Waals surface area contributed by atoms with Gasteiger partial charge in [0.1, 0.15) is 12.2 Å². The second-order valence-corrected chi connectivity index (χ2v) is 11.8. The molecule has 210 valence electrons. The molecule has 0 radical (unpaired) electrons. The molecular weight excluding hydrogens is 512 g/mol. The highest BCUT2D eigenvalue weighted by Gasteiger charge is 2.45. The second-order valence-electron chi connectivity index (χ2n) is 11.8. The van der Waals surface area contributed by atoms with E-state index < -0.39 is 17.2 Å². The summed E-state index contributed by atoms with van der Waals surface area (Å²) < 4.78 is 12.3. The fourth-order valence-electron chi connectivity index (χ4n) is 5.86. The average molecular weight is 547 g/mol. The summed E-state index contributed by atoms with van der Waals surface area (Å²) in [6.07, 6.45) is -0.170. The number of fused-ring (bicyclic) bond motifs is 5. The quantitative estimate of drug-likeness (QED) is 0.390. The molecule has 0 aliphatic carbocycles. The van der Waals surface area contributed by atoms with E-state index in [-0.39, 0.29) is 24.7 Å². The standard InChI is InChI=1S/C30H34N4O6/c1-5-30(38)22-14-24-25-19(16-34(24)26(35)21(22)17-39-27(30)36)13-20-18(7-6-8-23(20)31-25)15-32-9-11-33(12-10-32)28(37)40-29(2,3)4/h6-8,13-14,38H,5,9-12,15-17H2,1-4H3/t30-/m0/s1. The molecule has 5 heterocycles. The summed E-state index contributed by atoms with van der Waals surface area (Å²) in [5, 5.41) is 12.1. The molecule has 0 bridgehead atoms. The Morgan fingerprint density at radius 1 is 1.15 bits per heavy atom. The lowest BCUT2D eigenvalue weighted by Crippen LogP contribution is -2.49. The minimum atomic E-state index is -1.84. The minimum Gasteiger partial charge on any atom is -0.458 e. The zero-order chi connectivity index (χ0) is 28.4. The van der Waals surface area contributed by atoms with Gasteiger partial charge < -0.3 is 24.0 Å². The maximum absolute atomic E-state index is 13.4. The van der Waals surface area contributed by atoms with Crippen LogP contribution in [-0.4, -0.2) is 68.3 Å². The summed E-state index contributed by atoms with van der Waals surface area (Å²) in [5.74, 6) is -0.729. The van der Waals surface area contributed by atoms with Crippen LogP contribution in [0.3, 0.4) is 0 Å². The maximum Gasteiger partial charge on any atom is 0.410 e. The van der Waals surface area contributed by atoms with E-state index in [2.05, 4.69) is 17.0 Å². The molecule has 3 aliphatic heterocycles. The molecule has 2 aromatic heterocycles. The number of hydrogen-bond donors (Lipinski definition) is 1. The number of esters is 1. The Labute approximate surface area is 232 Å². The first-order valence-electron chi connectivity index (χ1n) is 13.8. The van der Waals surface area contributed by atoms with E-state index in [0.717, 1.165) is 35.1 Å². The fourth-order valence-corrected chi connectivity index (χ4v) is 5.86. The van der Waals surface area contributed by atoms with Crippen LogP contribution in [0.25, 0.3) is 22.3 Å². The average Bonchev–Trinajstić information content (AvgIpc) is 3.27. The van der Waals surface area contributed by atoms with Crippen molar-refractivity contribution in [2.45, 2.75) is 65.0 Å². The van der Waals surface area contributed by atoms with E-state index in [1.54, 1.807) is 22.5 Å². The van der Waals surface area contributed by atoms with Crippen molar-refractivity contribution in [3.05, 3.63) is 62.9 Å². The molecule has 6 rings (SSSR count). The number of cyclic esters (lactones) is 1. The van der Waals surface area contributed by atoms with Gasteiger partial charge in [0, 0.05) is 49.2 Å². The first-order chi connectivity index (χ1) is 19.0. The van der Waals surface area contributed by atoms with Crippen LogP contribution in [0.2, 0.25) is 0 Å². The number of piperazine rings is 1. The predicted octanol–water partition coefficient (Wildman–Crippen LogP) is 3.13. The number of hydrogen-bond acceptors (Lipinski definition) is 8. The third-order valence-corrected chi connectivity index (χ3v) is 8.06. The number of pyridine rings is 2. The molecule has 1 aromatic carbocycles. The van der Waals surface area contributed by atoms with Gasteiger partial charge in [-0.15, -0.1) is 0 Å². The number of carbonyl (C=O) groups excluding carboxylic acids is 2. The van der Waals surface area contributed by atoms with E-state index in [4.69, 9.17) is 14.5 Å². The van der Waals surface area contributed by atoms with Crippen molar-refractivity contribution in [3.8, 4) is 11.4 Å². The van der Waals surface area contributed by atoms with E-state index >= 15 is 0 Å². The van der Waals surface area contributed by atoms with Gasteiger partial charge >= 0.3 is 12.1 Å².